The van der Waals surface area contributed by atoms with Gasteiger partial charge in [0.25, 0.3) is 0 Å². The van der Waals surface area contributed by atoms with Gasteiger partial charge in [0.15, 0.2) is 5.96 Å². The molecule has 1 heterocycles. The van der Waals surface area contributed by atoms with E-state index in [0.29, 0.717) is 31.3 Å². The number of nitrogens with zero attached hydrogens (tertiary/aromatic N) is 1. The van der Waals surface area contributed by atoms with Crippen molar-refractivity contribution in [3.8, 4) is 0 Å². The van der Waals surface area contributed by atoms with Gasteiger partial charge in [0.1, 0.15) is 0 Å². The van der Waals surface area contributed by atoms with Gasteiger partial charge in [0, 0.05) is 44.3 Å². The molecule has 4 N–H and O–H groups in total. The smallest absolute Gasteiger partial charge is 0.225 e. The van der Waals surface area contributed by atoms with E-state index in [4.69, 9.17) is 4.99 Å². The summed E-state index contributed by atoms with van der Waals surface area (Å²) in [7, 11) is 0. The number of anilines is 1. The highest BCUT2D eigenvalue weighted by Gasteiger charge is 2.24. The minimum atomic E-state index is 0.0578. The molecule has 1 aromatic rings. The lowest BCUT2D eigenvalue weighted by Gasteiger charge is -2.26. The highest BCUT2D eigenvalue weighted by Crippen LogP contribution is 2.31. The first-order chi connectivity index (χ1) is 13.0. The third-order valence-electron chi connectivity index (χ3n) is 4.82. The number of hydrogen-bond acceptors (Lipinski definition) is 3. The lowest BCUT2D eigenvalue weighted by molar-refractivity contribution is -0.116. The Morgan fingerprint density at radius 3 is 2.81 bits per heavy atom. The highest BCUT2D eigenvalue weighted by molar-refractivity contribution is 5.94. The number of amides is 1. The van der Waals surface area contributed by atoms with E-state index in [1.807, 2.05) is 25.1 Å². The zero-order valence-corrected chi connectivity index (χ0v) is 16.8. The number of aliphatic hydroxyl groups is 1. The largest absolute Gasteiger partial charge is 0.396 e. The number of guanidine groups is 1. The fourth-order valence-corrected chi connectivity index (χ4v) is 3.60. The highest BCUT2D eigenvalue weighted by atomic mass is 16.3. The van der Waals surface area contributed by atoms with Crippen molar-refractivity contribution in [2.45, 2.75) is 46.0 Å². The van der Waals surface area contributed by atoms with Crippen LogP contribution in [-0.2, 0) is 4.79 Å². The SMILES string of the molecule is CCNC(=NCC(CCO)CC(C)C)NCC1CC(=O)Nc2ccccc21. The second kappa shape index (κ2) is 10.9. The average molecular weight is 375 g/mol. The van der Waals surface area contributed by atoms with Crippen molar-refractivity contribution in [1.82, 2.24) is 10.6 Å². The van der Waals surface area contributed by atoms with Crippen LogP contribution in [0, 0.1) is 11.8 Å². The van der Waals surface area contributed by atoms with Crippen LogP contribution >= 0.6 is 0 Å². The molecule has 1 aliphatic rings. The molecule has 0 fully saturated rings. The van der Waals surface area contributed by atoms with Gasteiger partial charge in [-0.15, -0.1) is 0 Å². The number of carbonyl (C=O) groups is 1. The number of aliphatic imine (C=N–C) groups is 1. The molecular weight excluding hydrogens is 340 g/mol. The molecule has 2 atom stereocenters. The van der Waals surface area contributed by atoms with Crippen molar-refractivity contribution in [1.29, 1.82) is 0 Å². The standard InChI is InChI=1S/C21H34N4O2/c1-4-22-21(23-13-16(9-10-26)11-15(2)3)24-14-17-12-20(27)25-19-8-6-5-7-18(17)19/h5-8,15-17,26H,4,9-14H2,1-3H3,(H,25,27)(H2,22,23,24). The number of nitrogens with one attached hydrogen (secondary N) is 3. The van der Waals surface area contributed by atoms with Crippen molar-refractivity contribution in [3.05, 3.63) is 29.8 Å². The predicted octanol–water partition coefficient (Wildman–Crippen LogP) is 2.71. The molecule has 1 amide bonds. The topological polar surface area (TPSA) is 85.8 Å². The maximum absolute atomic E-state index is 12.0. The zero-order chi connectivity index (χ0) is 19.6. The molecule has 1 aromatic carbocycles. The van der Waals surface area contributed by atoms with E-state index < -0.39 is 0 Å². The summed E-state index contributed by atoms with van der Waals surface area (Å²) in [5.41, 5.74) is 2.07. The van der Waals surface area contributed by atoms with Gasteiger partial charge >= 0.3 is 0 Å². The van der Waals surface area contributed by atoms with Gasteiger partial charge in [-0.3, -0.25) is 9.79 Å². The second-order valence-corrected chi connectivity index (χ2v) is 7.64. The number of aliphatic hydroxyl groups excluding tert-OH is 1. The van der Waals surface area contributed by atoms with Gasteiger partial charge in [-0.2, -0.15) is 0 Å². The third kappa shape index (κ3) is 6.86. The first-order valence-electron chi connectivity index (χ1n) is 10.0. The van der Waals surface area contributed by atoms with Crippen LogP contribution in [0.25, 0.3) is 0 Å². The first-order valence-corrected chi connectivity index (χ1v) is 10.0. The summed E-state index contributed by atoms with van der Waals surface area (Å²) < 4.78 is 0. The molecule has 0 saturated heterocycles. The van der Waals surface area contributed by atoms with E-state index in [0.717, 1.165) is 31.0 Å². The summed E-state index contributed by atoms with van der Waals surface area (Å²) in [5, 5.41) is 18.9. The molecular formula is C21H34N4O2. The number of para-hydroxylation sites is 1. The summed E-state index contributed by atoms with van der Waals surface area (Å²) in [5.74, 6) is 1.92. The lowest BCUT2D eigenvalue weighted by atomic mass is 9.90. The molecule has 0 radical (unpaired) electrons. The summed E-state index contributed by atoms with van der Waals surface area (Å²) in [4.78, 5) is 16.7. The van der Waals surface area contributed by atoms with Crippen molar-refractivity contribution in [2.24, 2.45) is 16.8 Å². The Morgan fingerprint density at radius 1 is 1.33 bits per heavy atom. The Morgan fingerprint density at radius 2 is 2.11 bits per heavy atom. The van der Waals surface area contributed by atoms with E-state index in [9.17, 15) is 9.90 Å². The van der Waals surface area contributed by atoms with Crippen molar-refractivity contribution >= 4 is 17.6 Å². The lowest BCUT2D eigenvalue weighted by Crippen LogP contribution is -2.41. The molecule has 6 nitrogen and oxygen atoms in total. The van der Waals surface area contributed by atoms with Crippen LogP contribution in [0.4, 0.5) is 5.69 Å². The maximum Gasteiger partial charge on any atom is 0.225 e. The van der Waals surface area contributed by atoms with E-state index in [1.54, 1.807) is 0 Å². The van der Waals surface area contributed by atoms with Crippen LogP contribution in [0.2, 0.25) is 0 Å². The quantitative estimate of drug-likeness (QED) is 0.395. The van der Waals surface area contributed by atoms with Crippen LogP contribution in [0.3, 0.4) is 0 Å². The van der Waals surface area contributed by atoms with Gasteiger partial charge in [0.05, 0.1) is 0 Å². The maximum atomic E-state index is 12.0. The predicted molar refractivity (Wildman–Crippen MR) is 111 cm³/mol. The summed E-state index contributed by atoms with van der Waals surface area (Å²) >= 11 is 0. The molecule has 150 valence electrons. The number of benzene rings is 1. The van der Waals surface area contributed by atoms with Crippen LogP contribution in [0.1, 0.15) is 51.5 Å². The summed E-state index contributed by atoms with van der Waals surface area (Å²) in [6.07, 6.45) is 2.31. The van der Waals surface area contributed by atoms with Crippen molar-refractivity contribution < 1.29 is 9.90 Å². The van der Waals surface area contributed by atoms with Crippen molar-refractivity contribution in [2.75, 3.05) is 31.6 Å². The first kappa shape index (κ1) is 21.2. The number of carbonyl (C=O) groups excluding carboxylic acids is 1. The molecule has 0 bridgehead atoms. The molecule has 0 saturated carbocycles. The molecule has 2 rings (SSSR count). The van der Waals surface area contributed by atoms with Crippen LogP contribution in [0.15, 0.2) is 29.3 Å². The Kier molecular flexibility index (Phi) is 8.58. The minimum Gasteiger partial charge on any atom is -0.396 e. The Bertz CT molecular complexity index is 630. The third-order valence-corrected chi connectivity index (χ3v) is 4.82. The summed E-state index contributed by atoms with van der Waals surface area (Å²) in [6, 6.07) is 7.97. The molecule has 6 heteroatoms. The van der Waals surface area contributed by atoms with Crippen molar-refractivity contribution in [3.63, 3.8) is 0 Å². The summed E-state index contributed by atoms with van der Waals surface area (Å²) in [6.45, 7) is 8.76. The van der Waals surface area contributed by atoms with Gasteiger partial charge < -0.3 is 21.1 Å². The fourth-order valence-electron chi connectivity index (χ4n) is 3.60. The number of fused-ring (bicyclic) bond motifs is 1. The zero-order valence-electron chi connectivity index (χ0n) is 16.8. The van der Waals surface area contributed by atoms with Crippen LogP contribution < -0.4 is 16.0 Å². The normalized spacial score (nSPS) is 18.0. The van der Waals surface area contributed by atoms with Gasteiger partial charge in [-0.1, -0.05) is 32.0 Å². The van der Waals surface area contributed by atoms with Gasteiger partial charge in [-0.25, -0.2) is 0 Å². The molecule has 0 aliphatic carbocycles. The minimum absolute atomic E-state index is 0.0578. The second-order valence-electron chi connectivity index (χ2n) is 7.64. The van der Waals surface area contributed by atoms with E-state index in [1.165, 1.54) is 5.56 Å². The fraction of sp³-hybridized carbons (Fsp3) is 0.619. The van der Waals surface area contributed by atoms with Crippen LogP contribution in [0.5, 0.6) is 0 Å². The van der Waals surface area contributed by atoms with Crippen LogP contribution in [-0.4, -0.2) is 43.2 Å². The monoisotopic (exact) mass is 374 g/mol. The molecule has 0 aromatic heterocycles. The molecule has 1 aliphatic heterocycles. The Balaban J connectivity index is 2.00. The number of hydrogen-bond donors (Lipinski definition) is 4. The van der Waals surface area contributed by atoms with E-state index >= 15 is 0 Å². The Labute approximate surface area is 162 Å². The van der Waals surface area contributed by atoms with E-state index in [2.05, 4.69) is 35.9 Å². The number of rotatable bonds is 9. The molecule has 27 heavy (non-hydrogen) atoms. The van der Waals surface area contributed by atoms with E-state index in [-0.39, 0.29) is 18.4 Å². The Hall–Kier alpha value is -2.08. The van der Waals surface area contributed by atoms with Gasteiger partial charge in [0.2, 0.25) is 5.91 Å². The van der Waals surface area contributed by atoms with Gasteiger partial charge in [-0.05, 0) is 43.2 Å². The molecule has 2 unspecified atom stereocenters. The molecule has 0 spiro atoms. The average Bonchev–Trinajstić information content (AvgIpc) is 2.63.